The molecule has 0 spiro atoms. The lowest BCUT2D eigenvalue weighted by Gasteiger charge is -2.24. The zero-order valence-electron chi connectivity index (χ0n) is 23.5. The maximum Gasteiger partial charge on any atom is 0.326 e. The summed E-state index contributed by atoms with van der Waals surface area (Å²) in [5.74, 6) is -0.719. The van der Waals surface area contributed by atoms with Gasteiger partial charge in [0.25, 0.3) is 10.0 Å². The molecular formula is C31H29N5O6S. The van der Waals surface area contributed by atoms with E-state index in [1.165, 1.54) is 12.3 Å². The van der Waals surface area contributed by atoms with Crippen molar-refractivity contribution in [1.29, 1.82) is 5.41 Å². The van der Waals surface area contributed by atoms with Crippen LogP contribution >= 0.6 is 0 Å². The number of hydrogen-bond acceptors (Lipinski definition) is 8. The summed E-state index contributed by atoms with van der Waals surface area (Å²) in [5.41, 5.74) is 7.46. The minimum absolute atomic E-state index is 0.0662. The number of carbonyl (C=O) groups is 2. The van der Waals surface area contributed by atoms with Crippen LogP contribution in [0.25, 0.3) is 21.8 Å². The van der Waals surface area contributed by atoms with Crippen molar-refractivity contribution in [2.45, 2.75) is 11.8 Å². The summed E-state index contributed by atoms with van der Waals surface area (Å²) in [6.45, 7) is 0.852. The number of nitrogens with two attached hydrogens (primary N) is 1. The van der Waals surface area contributed by atoms with Gasteiger partial charge in [-0.25, -0.2) is 8.42 Å². The molecule has 0 fully saturated rings. The van der Waals surface area contributed by atoms with Crippen LogP contribution in [-0.4, -0.2) is 55.3 Å². The first-order valence-corrected chi connectivity index (χ1v) is 14.8. The van der Waals surface area contributed by atoms with E-state index in [2.05, 4.69) is 4.98 Å². The quantitative estimate of drug-likeness (QED) is 0.0997. The molecule has 0 atom stereocenters. The van der Waals surface area contributed by atoms with E-state index in [9.17, 15) is 18.0 Å². The number of carbonyl (C=O) groups excluding carboxylic acids is 2. The number of esters is 1. The molecule has 5 rings (SSSR count). The van der Waals surface area contributed by atoms with Crippen LogP contribution in [0.1, 0.15) is 22.8 Å². The smallest absolute Gasteiger partial charge is 0.326 e. The molecule has 3 N–H and O–H groups in total. The Kier molecular flexibility index (Phi) is 8.13. The van der Waals surface area contributed by atoms with Crippen LogP contribution in [0.15, 0.2) is 90.1 Å². The number of aryl methyl sites for hydroxylation is 1. The van der Waals surface area contributed by atoms with E-state index in [1.807, 2.05) is 0 Å². The molecule has 3 aromatic carbocycles. The molecule has 0 saturated heterocycles. The molecule has 0 saturated carbocycles. The molecule has 5 aromatic rings. The average Bonchev–Trinajstić information content (AvgIpc) is 3.34. The number of hydrogen-bond donors (Lipinski definition) is 2. The maximum atomic E-state index is 14.1. The molecule has 0 amide bonds. The van der Waals surface area contributed by atoms with Crippen molar-refractivity contribution < 1.29 is 27.5 Å². The van der Waals surface area contributed by atoms with Crippen LogP contribution in [0.2, 0.25) is 0 Å². The van der Waals surface area contributed by atoms with Crippen molar-refractivity contribution >= 4 is 55.1 Å². The summed E-state index contributed by atoms with van der Waals surface area (Å²) in [4.78, 5) is 30.2. The first-order chi connectivity index (χ1) is 20.6. The number of ketones is 1. The second-order valence-corrected chi connectivity index (χ2v) is 11.5. The fourth-order valence-corrected chi connectivity index (χ4v) is 6.33. The summed E-state index contributed by atoms with van der Waals surface area (Å²) < 4.78 is 41.8. The highest BCUT2D eigenvalue weighted by Gasteiger charge is 2.30. The molecule has 0 radical (unpaired) electrons. The maximum absolute atomic E-state index is 14.1. The van der Waals surface area contributed by atoms with E-state index in [4.69, 9.17) is 20.6 Å². The lowest BCUT2D eigenvalue weighted by molar-refractivity contribution is -0.141. The Morgan fingerprint density at radius 3 is 2.51 bits per heavy atom. The minimum Gasteiger partial charge on any atom is -0.485 e. The number of rotatable bonds is 11. The number of aromatic nitrogens is 2. The molecule has 0 unspecified atom stereocenters. The normalized spacial score (nSPS) is 11.4. The number of nitrogens with one attached hydrogen (secondary N) is 1. The molecule has 11 nitrogen and oxygen atoms in total. The first-order valence-electron chi connectivity index (χ1n) is 13.3. The number of anilines is 1. The highest BCUT2D eigenvalue weighted by atomic mass is 32.2. The lowest BCUT2D eigenvalue weighted by Crippen LogP contribution is -2.36. The predicted molar refractivity (Wildman–Crippen MR) is 163 cm³/mol. The topological polar surface area (TPSA) is 158 Å². The van der Waals surface area contributed by atoms with Crippen LogP contribution in [-0.2, 0) is 26.6 Å². The number of sulfonamides is 1. The monoisotopic (exact) mass is 599 g/mol. The van der Waals surface area contributed by atoms with Gasteiger partial charge in [0, 0.05) is 46.9 Å². The Bertz CT molecular complexity index is 1960. The second-order valence-electron chi connectivity index (χ2n) is 9.65. The van der Waals surface area contributed by atoms with Gasteiger partial charge in [0.1, 0.15) is 23.0 Å². The van der Waals surface area contributed by atoms with Gasteiger partial charge in [-0.05, 0) is 61.5 Å². The molecule has 2 heterocycles. The van der Waals surface area contributed by atoms with Gasteiger partial charge < -0.3 is 19.8 Å². The van der Waals surface area contributed by atoms with Crippen molar-refractivity contribution in [3.8, 4) is 5.75 Å². The average molecular weight is 600 g/mol. The van der Waals surface area contributed by atoms with Crippen LogP contribution in [0, 0.1) is 5.41 Å². The van der Waals surface area contributed by atoms with E-state index < -0.39 is 22.5 Å². The first kappa shape index (κ1) is 29.3. The number of benzene rings is 3. The summed E-state index contributed by atoms with van der Waals surface area (Å²) in [5, 5.41) is 8.62. The van der Waals surface area contributed by atoms with Gasteiger partial charge in [0.15, 0.2) is 6.61 Å². The molecule has 0 aliphatic carbocycles. The molecule has 0 aliphatic heterocycles. The van der Waals surface area contributed by atoms with Gasteiger partial charge in [-0.2, -0.15) is 0 Å². The molecule has 43 heavy (non-hydrogen) atoms. The minimum atomic E-state index is -4.32. The van der Waals surface area contributed by atoms with E-state index >= 15 is 0 Å². The molecule has 0 aliphatic rings. The number of nitrogens with zero attached hydrogens (tertiary/aromatic N) is 3. The molecule has 2 aromatic heterocycles. The summed E-state index contributed by atoms with van der Waals surface area (Å²) >= 11 is 0. The Morgan fingerprint density at radius 2 is 1.79 bits per heavy atom. The third kappa shape index (κ3) is 5.90. The van der Waals surface area contributed by atoms with Crippen LogP contribution < -0.4 is 14.8 Å². The molecule has 0 bridgehead atoms. The number of nitrogen functional groups attached to an aromatic ring is 1. The zero-order chi connectivity index (χ0) is 30.7. The second kappa shape index (κ2) is 11.9. The van der Waals surface area contributed by atoms with Gasteiger partial charge in [-0.3, -0.25) is 24.3 Å². The Labute approximate surface area is 248 Å². The number of amidine groups is 1. The van der Waals surface area contributed by atoms with E-state index in [-0.39, 0.29) is 40.9 Å². The van der Waals surface area contributed by atoms with Gasteiger partial charge in [-0.1, -0.05) is 18.2 Å². The van der Waals surface area contributed by atoms with Gasteiger partial charge in [-0.15, -0.1) is 0 Å². The zero-order valence-corrected chi connectivity index (χ0v) is 24.3. The van der Waals surface area contributed by atoms with Crippen molar-refractivity contribution in [1.82, 2.24) is 9.55 Å². The van der Waals surface area contributed by atoms with Crippen molar-refractivity contribution in [3.05, 3.63) is 96.3 Å². The number of fused-ring (bicyclic) bond motifs is 2. The fourth-order valence-electron chi connectivity index (χ4n) is 4.76. The van der Waals surface area contributed by atoms with Crippen molar-refractivity contribution in [2.24, 2.45) is 12.8 Å². The van der Waals surface area contributed by atoms with Crippen LogP contribution in [0.5, 0.6) is 5.75 Å². The summed E-state index contributed by atoms with van der Waals surface area (Å²) in [6.07, 6.45) is 3.16. The van der Waals surface area contributed by atoms with Crippen LogP contribution in [0.4, 0.5) is 5.69 Å². The third-order valence-electron chi connectivity index (χ3n) is 6.84. The summed E-state index contributed by atoms with van der Waals surface area (Å²) in [6, 6.07) is 19.6. The fraction of sp³-hybridized carbons (Fsp3) is 0.161. The molecule has 220 valence electrons. The van der Waals surface area contributed by atoms with E-state index in [0.29, 0.717) is 33.2 Å². The number of ether oxygens (including phenoxy) is 2. The highest BCUT2D eigenvalue weighted by molar-refractivity contribution is 7.93. The predicted octanol–water partition coefficient (Wildman–Crippen LogP) is 4.03. The van der Waals surface area contributed by atoms with Crippen molar-refractivity contribution in [2.75, 3.05) is 24.1 Å². The molecule has 12 heteroatoms. The van der Waals surface area contributed by atoms with E-state index in [1.54, 1.807) is 91.5 Å². The largest absolute Gasteiger partial charge is 0.485 e. The Hall–Kier alpha value is -5.23. The number of Topliss-reactive ketones (excluding diaryl/α,β-unsaturated/α-hetero) is 1. The number of para-hydroxylation sites is 1. The van der Waals surface area contributed by atoms with Gasteiger partial charge in [0.2, 0.25) is 5.78 Å². The van der Waals surface area contributed by atoms with Crippen molar-refractivity contribution in [3.63, 3.8) is 0 Å². The standard InChI is InChI=1S/C31H29N5O6S/c1-3-41-29(38)18-36(43(39,40)28-8-4-6-20-7-5-15-34-30(20)28)22-11-14-26-24(16-22)25(17-35(26)2)27(37)19-42-23-12-9-21(10-13-23)31(32)33/h4-17H,3,18-19H2,1-2H3,(H3,32,33). The number of pyridine rings is 1. The van der Waals surface area contributed by atoms with Gasteiger partial charge >= 0.3 is 5.97 Å². The van der Waals surface area contributed by atoms with Gasteiger partial charge in [0.05, 0.1) is 17.8 Å². The molecular weight excluding hydrogens is 570 g/mol. The van der Waals surface area contributed by atoms with Crippen LogP contribution in [0.3, 0.4) is 0 Å². The highest BCUT2D eigenvalue weighted by Crippen LogP contribution is 2.32. The third-order valence-corrected chi connectivity index (χ3v) is 8.64. The van der Waals surface area contributed by atoms with E-state index in [0.717, 1.165) is 4.31 Å². The Morgan fingerprint density at radius 1 is 1.05 bits per heavy atom. The Balaban J connectivity index is 1.53. The lowest BCUT2D eigenvalue weighted by atomic mass is 10.1. The summed E-state index contributed by atoms with van der Waals surface area (Å²) in [7, 11) is -2.54. The SMILES string of the molecule is CCOC(=O)CN(c1ccc2c(c1)c(C(=O)COc1ccc(C(=N)N)cc1)cn2C)S(=O)(=O)c1cccc2cccnc12.